The van der Waals surface area contributed by atoms with Crippen molar-refractivity contribution in [2.45, 2.75) is 0 Å². The summed E-state index contributed by atoms with van der Waals surface area (Å²) in [6.07, 6.45) is 0. The van der Waals surface area contributed by atoms with Crippen LogP contribution in [0.5, 0.6) is 0 Å². The molecule has 0 spiro atoms. The van der Waals surface area contributed by atoms with Crippen molar-refractivity contribution in [3.8, 4) is 113 Å². The Morgan fingerprint density at radius 3 is 0.843 bits per heavy atom. The standard InChI is InChI=1S/2C49H30N4O/c1-3-18-37-32(12-1)14-10-21-39(37)47-50-46(51-48(52-47)40-22-11-15-33-13-2-4-19-38(33)40)34-28-26-31(27-29-34)35-16-9-17-36(30-35)45-41-20-5-6-23-42(41)53-43-24-7-8-25-44(43)54-49(45)53;1-3-15-37-33(11-1)13-9-18-39(37)47-50-46(51-48(52-47)40-19-10-14-34-12-2-4-16-38(34)40)36-29-25-32(26-30-36)31-23-27-35(28-24-31)45-41-17-5-6-20-42(41)53-43-21-7-8-22-44(43)54-49(45)53/h2*1-30H. The lowest BCUT2D eigenvalue weighted by molar-refractivity contribution is 0.658. The van der Waals surface area contributed by atoms with Gasteiger partial charge in [-0.1, -0.05) is 322 Å². The fraction of sp³-hybridized carbons (Fsp3) is 0. The Morgan fingerprint density at radius 1 is 0.185 bits per heavy atom. The number of fused-ring (bicyclic) bond motifs is 14. The number of nitrogens with zero attached hydrogens (tertiary/aromatic N) is 8. The van der Waals surface area contributed by atoms with Crippen LogP contribution in [0.4, 0.5) is 0 Å². The van der Waals surface area contributed by atoms with Gasteiger partial charge in [0.2, 0.25) is 11.4 Å². The molecule has 0 aliphatic carbocycles. The molecule has 0 bridgehead atoms. The molecule has 0 aliphatic heterocycles. The molecule has 0 amide bonds. The third-order valence-corrected chi connectivity index (χ3v) is 21.0. The van der Waals surface area contributed by atoms with Gasteiger partial charge in [-0.2, -0.15) is 0 Å². The van der Waals surface area contributed by atoms with Crippen molar-refractivity contribution >= 4 is 98.5 Å². The number of hydrogen-bond donors (Lipinski definition) is 0. The van der Waals surface area contributed by atoms with E-state index in [2.05, 4.69) is 349 Å². The fourth-order valence-electron chi connectivity index (χ4n) is 15.8. The molecule has 0 N–H and O–H groups in total. The van der Waals surface area contributed by atoms with E-state index >= 15 is 0 Å². The van der Waals surface area contributed by atoms with E-state index in [1.165, 1.54) is 5.39 Å². The van der Waals surface area contributed by atoms with Gasteiger partial charge in [-0.25, -0.2) is 29.9 Å². The summed E-state index contributed by atoms with van der Waals surface area (Å²) in [7, 11) is 0. The molecule has 0 atom stereocenters. The van der Waals surface area contributed by atoms with Crippen LogP contribution in [0.15, 0.2) is 373 Å². The van der Waals surface area contributed by atoms with Crippen LogP contribution >= 0.6 is 0 Å². The van der Waals surface area contributed by atoms with Crippen molar-refractivity contribution in [3.05, 3.63) is 364 Å². The van der Waals surface area contributed by atoms with Crippen molar-refractivity contribution in [1.29, 1.82) is 0 Å². The Morgan fingerprint density at radius 2 is 0.454 bits per heavy atom. The zero-order chi connectivity index (χ0) is 71.2. The first-order chi connectivity index (χ1) is 53.5. The molecular formula is C98H60N8O2. The van der Waals surface area contributed by atoms with Gasteiger partial charge in [0.25, 0.3) is 0 Å². The minimum absolute atomic E-state index is 0.628. The number of oxazole rings is 2. The topological polar surface area (TPSA) is 112 Å². The molecule has 10 heteroatoms. The van der Waals surface area contributed by atoms with Gasteiger partial charge in [0.05, 0.1) is 33.2 Å². The van der Waals surface area contributed by atoms with Gasteiger partial charge in [0.1, 0.15) is 0 Å². The maximum Gasteiger partial charge on any atom is 0.213 e. The molecule has 0 aliphatic rings. The lowest BCUT2D eigenvalue weighted by Gasteiger charge is -2.12. The second-order valence-electron chi connectivity index (χ2n) is 27.2. The summed E-state index contributed by atoms with van der Waals surface area (Å²) in [6, 6.07) is 127. The van der Waals surface area contributed by atoms with E-state index in [4.69, 9.17) is 38.7 Å². The Labute approximate surface area is 619 Å². The zero-order valence-electron chi connectivity index (χ0n) is 58.0. The zero-order valence-corrected chi connectivity index (χ0v) is 58.0. The predicted octanol–water partition coefficient (Wildman–Crippen LogP) is 25.3. The van der Waals surface area contributed by atoms with Crippen LogP contribution in [0.3, 0.4) is 0 Å². The quantitative estimate of drug-likeness (QED) is 0.133. The Kier molecular flexibility index (Phi) is 14.7. The van der Waals surface area contributed by atoms with Crippen molar-refractivity contribution in [2.24, 2.45) is 0 Å². The molecule has 22 rings (SSSR count). The Hall–Kier alpha value is -14.7. The maximum atomic E-state index is 6.51. The number of rotatable bonds is 10. The van der Waals surface area contributed by atoms with E-state index in [0.717, 1.165) is 171 Å². The molecule has 6 aromatic heterocycles. The molecule has 0 unspecified atom stereocenters. The van der Waals surface area contributed by atoms with Gasteiger partial charge in [-0.05, 0) is 119 Å². The molecule has 108 heavy (non-hydrogen) atoms. The molecule has 16 aromatic carbocycles. The molecule has 0 radical (unpaired) electrons. The molecule has 22 aromatic rings. The van der Waals surface area contributed by atoms with Gasteiger partial charge < -0.3 is 8.83 Å². The van der Waals surface area contributed by atoms with Crippen LogP contribution in [-0.4, -0.2) is 38.7 Å². The third-order valence-electron chi connectivity index (χ3n) is 21.0. The first-order valence-corrected chi connectivity index (χ1v) is 36.2. The minimum Gasteiger partial charge on any atom is -0.438 e. The molecule has 6 heterocycles. The maximum absolute atomic E-state index is 6.51. The molecule has 504 valence electrons. The van der Waals surface area contributed by atoms with Gasteiger partial charge in [-0.15, -0.1) is 0 Å². The van der Waals surface area contributed by atoms with E-state index in [1.54, 1.807) is 0 Å². The van der Waals surface area contributed by atoms with E-state index < -0.39 is 0 Å². The smallest absolute Gasteiger partial charge is 0.213 e. The highest BCUT2D eigenvalue weighted by atomic mass is 16.3. The van der Waals surface area contributed by atoms with Crippen molar-refractivity contribution < 1.29 is 8.83 Å². The summed E-state index contributed by atoms with van der Waals surface area (Å²) in [5.74, 6) is 3.85. The average Bonchev–Trinajstić information content (AvgIpc) is 1.45. The van der Waals surface area contributed by atoms with Crippen LogP contribution < -0.4 is 0 Å². The number of benzene rings is 16. The van der Waals surface area contributed by atoms with Gasteiger partial charge in [-0.3, -0.25) is 8.80 Å². The van der Waals surface area contributed by atoms with Crippen LogP contribution in [0.1, 0.15) is 0 Å². The van der Waals surface area contributed by atoms with Crippen molar-refractivity contribution in [2.75, 3.05) is 0 Å². The molecule has 0 fully saturated rings. The summed E-state index contributed by atoms with van der Waals surface area (Å²) >= 11 is 0. The minimum atomic E-state index is 0.628. The van der Waals surface area contributed by atoms with Gasteiger partial charge in [0, 0.05) is 44.2 Å². The lowest BCUT2D eigenvalue weighted by atomic mass is 9.98. The van der Waals surface area contributed by atoms with Crippen LogP contribution in [0.2, 0.25) is 0 Å². The van der Waals surface area contributed by atoms with E-state index in [0.29, 0.717) is 34.9 Å². The van der Waals surface area contributed by atoms with E-state index in [9.17, 15) is 0 Å². The van der Waals surface area contributed by atoms with Crippen LogP contribution in [0, 0.1) is 0 Å². The largest absolute Gasteiger partial charge is 0.438 e. The Balaban J connectivity index is 0.000000138. The summed E-state index contributed by atoms with van der Waals surface area (Å²) in [6.45, 7) is 0. The van der Waals surface area contributed by atoms with Crippen molar-refractivity contribution in [1.82, 2.24) is 38.7 Å². The first-order valence-electron chi connectivity index (χ1n) is 36.2. The van der Waals surface area contributed by atoms with Crippen molar-refractivity contribution in [3.63, 3.8) is 0 Å². The molecular weight excluding hydrogens is 1320 g/mol. The lowest BCUT2D eigenvalue weighted by Crippen LogP contribution is -2.01. The molecule has 10 nitrogen and oxygen atoms in total. The highest BCUT2D eigenvalue weighted by molar-refractivity contribution is 6.09. The second-order valence-corrected chi connectivity index (χ2v) is 27.2. The highest BCUT2D eigenvalue weighted by Gasteiger charge is 2.24. The number of para-hydroxylation sites is 6. The highest BCUT2D eigenvalue weighted by Crippen LogP contribution is 2.44. The third kappa shape index (κ3) is 10.6. The normalized spacial score (nSPS) is 11.7. The second kappa shape index (κ2) is 25.6. The summed E-state index contributed by atoms with van der Waals surface area (Å²) in [5, 5.41) is 11.3. The SMILES string of the molecule is c1cc(-c2ccc(-c3nc(-c4cccc5ccccc45)nc(-c4cccc5ccccc45)n3)cc2)cc(-c2c3ccccc3n3c2oc2ccccc23)c1.c1ccc2c(-c3nc(-c4ccc(-c5ccc(-c6c7ccccc7n7c6oc6ccccc67)cc5)cc4)nc(-c4cccc5ccccc45)n3)cccc2c1. The fourth-order valence-corrected chi connectivity index (χ4v) is 15.8. The monoisotopic (exact) mass is 1380 g/mol. The van der Waals surface area contributed by atoms with Crippen LogP contribution in [-0.2, 0) is 0 Å². The van der Waals surface area contributed by atoms with E-state index in [-0.39, 0.29) is 0 Å². The van der Waals surface area contributed by atoms with Gasteiger partial charge >= 0.3 is 0 Å². The van der Waals surface area contributed by atoms with Gasteiger partial charge in [0.15, 0.2) is 46.1 Å². The first kappa shape index (κ1) is 61.9. The summed E-state index contributed by atoms with van der Waals surface area (Å²) in [4.78, 5) is 30.7. The number of aromatic nitrogens is 8. The number of hydrogen-bond acceptors (Lipinski definition) is 8. The molecule has 0 saturated heterocycles. The Bertz CT molecular complexity index is 7100. The van der Waals surface area contributed by atoms with Crippen LogP contribution in [0.25, 0.3) is 211 Å². The van der Waals surface area contributed by atoms with E-state index in [1.807, 2.05) is 24.3 Å². The molecule has 0 saturated carbocycles. The summed E-state index contributed by atoms with van der Waals surface area (Å²) in [5.41, 5.74) is 22.5. The predicted molar refractivity (Wildman–Crippen MR) is 441 cm³/mol. The average molecular weight is 1380 g/mol. The summed E-state index contributed by atoms with van der Waals surface area (Å²) < 4.78 is 17.4.